The Morgan fingerprint density at radius 1 is 0.182 bits per heavy atom. The van der Waals surface area contributed by atoms with E-state index in [9.17, 15) is 0 Å². The Hall–Kier alpha value is -9.00. The van der Waals surface area contributed by atoms with Crippen molar-refractivity contribution in [2.45, 2.75) is 0 Å². The van der Waals surface area contributed by atoms with Crippen LogP contribution in [0.15, 0.2) is 250 Å². The van der Waals surface area contributed by atoms with Gasteiger partial charge in [-0.2, -0.15) is 0 Å². The minimum absolute atomic E-state index is 0.823. The fourth-order valence-electron chi connectivity index (χ4n) is 9.60. The number of benzene rings is 10. The van der Waals surface area contributed by atoms with Crippen LogP contribution in [-0.4, -0.2) is 0 Å². The van der Waals surface area contributed by atoms with Gasteiger partial charge in [0.2, 0.25) is 0 Å². The zero-order valence-corrected chi connectivity index (χ0v) is 35.6. The topological polar surface area (TPSA) is 49.1 Å². The second-order valence-electron chi connectivity index (χ2n) is 16.6. The largest absolute Gasteiger partial charge is 0.456 e. The van der Waals surface area contributed by atoms with Crippen molar-refractivity contribution in [3.63, 3.8) is 0 Å². The standard InChI is InChI=1S/C60H39N3O3/c1-3-15-40(16-4-1)61(46-30-33-58-53(37-46)50-24-8-11-27-56(50)64-58)42-19-13-21-44(35-42)63(48-29-32-52-49-23-7-10-26-55(49)66-60(52)39-48)45-22-14-20-43(36-45)62(41-17-5-2-6-18-41)47-31-34-59-54(38-47)51-25-9-12-28-57(51)65-59/h1-39H. The highest BCUT2D eigenvalue weighted by molar-refractivity contribution is 6.09. The van der Waals surface area contributed by atoms with Gasteiger partial charge in [-0.1, -0.05) is 103 Å². The van der Waals surface area contributed by atoms with Gasteiger partial charge in [-0.15, -0.1) is 0 Å². The van der Waals surface area contributed by atoms with E-state index in [2.05, 4.69) is 215 Å². The van der Waals surface area contributed by atoms with E-state index in [1.807, 2.05) is 36.4 Å². The van der Waals surface area contributed by atoms with E-state index in [1.54, 1.807) is 0 Å². The fraction of sp³-hybridized carbons (Fsp3) is 0. The highest BCUT2D eigenvalue weighted by Crippen LogP contribution is 2.46. The van der Waals surface area contributed by atoms with Crippen molar-refractivity contribution in [3.8, 4) is 0 Å². The molecule has 312 valence electrons. The molecule has 13 rings (SSSR count). The Labute approximate surface area is 380 Å². The predicted molar refractivity (Wildman–Crippen MR) is 272 cm³/mol. The normalized spacial score (nSPS) is 11.6. The van der Waals surface area contributed by atoms with Crippen molar-refractivity contribution in [2.75, 3.05) is 14.7 Å². The average Bonchev–Trinajstić information content (AvgIpc) is 4.06. The fourth-order valence-corrected chi connectivity index (χ4v) is 9.60. The number of para-hydroxylation sites is 5. The van der Waals surface area contributed by atoms with Crippen LogP contribution in [0.2, 0.25) is 0 Å². The highest BCUT2D eigenvalue weighted by atomic mass is 16.3. The summed E-state index contributed by atoms with van der Waals surface area (Å²) < 4.78 is 19.1. The second kappa shape index (κ2) is 15.4. The molecule has 0 aliphatic carbocycles. The maximum absolute atomic E-state index is 6.53. The van der Waals surface area contributed by atoms with Crippen LogP contribution in [0, 0.1) is 0 Å². The van der Waals surface area contributed by atoms with Gasteiger partial charge in [0, 0.05) is 89.6 Å². The summed E-state index contributed by atoms with van der Waals surface area (Å²) in [4.78, 5) is 6.95. The van der Waals surface area contributed by atoms with Crippen molar-refractivity contribution < 1.29 is 13.3 Å². The molecule has 0 fully saturated rings. The summed E-state index contributed by atoms with van der Waals surface area (Å²) in [5, 5.41) is 6.49. The first-order valence-corrected chi connectivity index (χ1v) is 22.1. The Bertz CT molecular complexity index is 3720. The maximum Gasteiger partial charge on any atom is 0.137 e. The summed E-state index contributed by atoms with van der Waals surface area (Å²) in [6.07, 6.45) is 0. The first-order chi connectivity index (χ1) is 32.7. The molecule has 0 N–H and O–H groups in total. The molecule has 0 bridgehead atoms. The molecule has 6 nitrogen and oxygen atoms in total. The first-order valence-electron chi connectivity index (χ1n) is 22.1. The van der Waals surface area contributed by atoms with Crippen LogP contribution in [-0.2, 0) is 0 Å². The van der Waals surface area contributed by atoms with E-state index in [4.69, 9.17) is 13.3 Å². The number of hydrogen-bond acceptors (Lipinski definition) is 6. The van der Waals surface area contributed by atoms with Gasteiger partial charge in [0.05, 0.1) is 0 Å². The molecule has 0 unspecified atom stereocenters. The van der Waals surface area contributed by atoms with Gasteiger partial charge in [-0.25, -0.2) is 0 Å². The zero-order chi connectivity index (χ0) is 43.6. The van der Waals surface area contributed by atoms with Gasteiger partial charge in [0.1, 0.15) is 33.5 Å². The van der Waals surface area contributed by atoms with E-state index < -0.39 is 0 Å². The lowest BCUT2D eigenvalue weighted by molar-refractivity contribution is 0.668. The lowest BCUT2D eigenvalue weighted by Gasteiger charge is -2.31. The number of anilines is 9. The summed E-state index contributed by atoms with van der Waals surface area (Å²) in [6.45, 7) is 0. The first kappa shape index (κ1) is 37.5. The lowest BCUT2D eigenvalue weighted by Crippen LogP contribution is -2.14. The average molecular weight is 850 g/mol. The van der Waals surface area contributed by atoms with Crippen molar-refractivity contribution in [1.82, 2.24) is 0 Å². The van der Waals surface area contributed by atoms with Crippen molar-refractivity contribution >= 4 is 117 Å². The molecule has 6 heteroatoms. The summed E-state index contributed by atoms with van der Waals surface area (Å²) >= 11 is 0. The van der Waals surface area contributed by atoms with Crippen LogP contribution < -0.4 is 14.7 Å². The van der Waals surface area contributed by atoms with E-state index in [0.717, 1.165) is 117 Å². The quantitative estimate of drug-likeness (QED) is 0.144. The minimum Gasteiger partial charge on any atom is -0.456 e. The van der Waals surface area contributed by atoms with Crippen LogP contribution in [0.4, 0.5) is 51.2 Å². The molecular formula is C60H39N3O3. The molecule has 66 heavy (non-hydrogen) atoms. The van der Waals surface area contributed by atoms with Gasteiger partial charge < -0.3 is 28.0 Å². The number of hydrogen-bond donors (Lipinski definition) is 0. The summed E-state index contributed by atoms with van der Waals surface area (Å²) in [5.74, 6) is 0. The number of rotatable bonds is 9. The summed E-state index contributed by atoms with van der Waals surface area (Å²) in [5.41, 5.74) is 14.2. The Morgan fingerprint density at radius 3 is 0.955 bits per heavy atom. The van der Waals surface area contributed by atoms with E-state index in [0.29, 0.717) is 0 Å². The predicted octanol–water partition coefficient (Wildman–Crippen LogP) is 17.8. The van der Waals surface area contributed by atoms with Crippen LogP contribution in [0.25, 0.3) is 65.8 Å². The molecule has 0 amide bonds. The summed E-state index contributed by atoms with van der Waals surface area (Å²) in [7, 11) is 0. The third-order valence-electron chi connectivity index (χ3n) is 12.6. The highest BCUT2D eigenvalue weighted by Gasteiger charge is 2.22. The Balaban J connectivity index is 0.993. The molecule has 10 aromatic carbocycles. The van der Waals surface area contributed by atoms with Crippen molar-refractivity contribution in [2.24, 2.45) is 0 Å². The maximum atomic E-state index is 6.53. The van der Waals surface area contributed by atoms with Gasteiger partial charge >= 0.3 is 0 Å². The number of furan rings is 3. The molecule has 0 atom stereocenters. The summed E-state index contributed by atoms with van der Waals surface area (Å²) in [6, 6.07) is 82.8. The Kier molecular flexibility index (Phi) is 8.74. The number of nitrogens with zero attached hydrogens (tertiary/aromatic N) is 3. The molecule has 0 saturated carbocycles. The van der Waals surface area contributed by atoms with E-state index in [1.165, 1.54) is 0 Å². The molecule has 3 aromatic heterocycles. The van der Waals surface area contributed by atoms with Crippen LogP contribution >= 0.6 is 0 Å². The third kappa shape index (κ3) is 6.34. The molecule has 0 saturated heterocycles. The molecular weight excluding hydrogens is 811 g/mol. The van der Waals surface area contributed by atoms with Gasteiger partial charge in [0.15, 0.2) is 0 Å². The molecule has 0 spiro atoms. The SMILES string of the molecule is c1ccc(N(c2cccc(N(c3cccc(N(c4ccccc4)c4ccc5oc6ccccc6c5c4)c3)c3ccc4c(c3)oc3ccccc34)c2)c2ccc3oc4ccccc4c3c2)cc1. The van der Waals surface area contributed by atoms with Gasteiger partial charge in [-0.3, -0.25) is 0 Å². The van der Waals surface area contributed by atoms with Gasteiger partial charge in [-0.05, 0) is 127 Å². The zero-order valence-electron chi connectivity index (χ0n) is 35.6. The smallest absolute Gasteiger partial charge is 0.137 e. The second-order valence-corrected chi connectivity index (χ2v) is 16.6. The minimum atomic E-state index is 0.823. The van der Waals surface area contributed by atoms with Crippen LogP contribution in [0.3, 0.4) is 0 Å². The molecule has 0 aliphatic rings. The Morgan fingerprint density at radius 2 is 0.485 bits per heavy atom. The van der Waals surface area contributed by atoms with Crippen LogP contribution in [0.5, 0.6) is 0 Å². The molecule has 13 aromatic rings. The van der Waals surface area contributed by atoms with Gasteiger partial charge in [0.25, 0.3) is 0 Å². The lowest BCUT2D eigenvalue weighted by atomic mass is 10.1. The third-order valence-corrected chi connectivity index (χ3v) is 12.6. The van der Waals surface area contributed by atoms with Crippen LogP contribution in [0.1, 0.15) is 0 Å². The monoisotopic (exact) mass is 849 g/mol. The molecule has 3 heterocycles. The van der Waals surface area contributed by atoms with E-state index >= 15 is 0 Å². The number of fused-ring (bicyclic) bond motifs is 9. The molecule has 0 radical (unpaired) electrons. The van der Waals surface area contributed by atoms with E-state index in [-0.39, 0.29) is 0 Å². The molecule has 0 aliphatic heterocycles. The van der Waals surface area contributed by atoms with Crippen molar-refractivity contribution in [1.29, 1.82) is 0 Å². The van der Waals surface area contributed by atoms with Crippen molar-refractivity contribution in [3.05, 3.63) is 237 Å².